The summed E-state index contributed by atoms with van der Waals surface area (Å²) in [5, 5.41) is 10.0. The van der Waals surface area contributed by atoms with Crippen molar-refractivity contribution in [1.82, 2.24) is 9.55 Å². The molecule has 1 unspecified atom stereocenters. The van der Waals surface area contributed by atoms with E-state index >= 15 is 0 Å². The monoisotopic (exact) mass is 473 g/mol. The average molecular weight is 474 g/mol. The number of benzene rings is 1. The summed E-state index contributed by atoms with van der Waals surface area (Å²) in [6.45, 7) is 8.30. The third kappa shape index (κ3) is 5.59. The van der Waals surface area contributed by atoms with Gasteiger partial charge in [0.05, 0.1) is 25.0 Å². The van der Waals surface area contributed by atoms with E-state index in [2.05, 4.69) is 31.8 Å². The lowest BCUT2D eigenvalue weighted by Crippen LogP contribution is -2.26. The smallest absolute Gasteiger partial charge is 0.205 e. The molecule has 0 radical (unpaired) electrons. The van der Waals surface area contributed by atoms with E-state index in [9.17, 15) is 5.26 Å². The molecule has 7 heteroatoms. The molecule has 184 valence electrons. The molecule has 1 aliphatic heterocycles. The zero-order chi connectivity index (χ0) is 25.1. The average Bonchev–Trinajstić information content (AvgIpc) is 3.77. The highest BCUT2D eigenvalue weighted by Crippen LogP contribution is 2.47. The molecular formula is C28H35N5O2. The second-order valence-corrected chi connectivity index (χ2v) is 9.86. The molecule has 3 aliphatic rings. The summed E-state index contributed by atoms with van der Waals surface area (Å²) < 4.78 is 13.5. The Hall–Kier alpha value is -3.53. The standard InChI is InChI=1S/C24H27N5O2.C4H8/c1-14(2)28-23(16-5-6-16)21-15(3)31-24(26)19(12-25)22(21)18-8-7-17(11-20(18)30-4)29-10-9-27-13-29;1-4-2-3-4/h7-11,13-14,16,22H,5-6,26H2,1-4H3;4H,2-3H2,1H3. The third-order valence-corrected chi connectivity index (χ3v) is 6.44. The lowest BCUT2D eigenvalue weighted by atomic mass is 9.79. The molecule has 2 saturated carbocycles. The normalized spacial score (nSPS) is 20.3. The van der Waals surface area contributed by atoms with Gasteiger partial charge in [-0.3, -0.25) is 4.99 Å². The third-order valence-electron chi connectivity index (χ3n) is 6.44. The van der Waals surface area contributed by atoms with Gasteiger partial charge in [-0.05, 0) is 45.6 Å². The van der Waals surface area contributed by atoms with Crippen LogP contribution in [0.5, 0.6) is 5.75 Å². The molecule has 2 aliphatic carbocycles. The minimum Gasteiger partial charge on any atom is -0.496 e. The van der Waals surface area contributed by atoms with E-state index in [-0.39, 0.29) is 11.9 Å². The van der Waals surface area contributed by atoms with Crippen molar-refractivity contribution in [3.63, 3.8) is 0 Å². The first-order valence-corrected chi connectivity index (χ1v) is 12.4. The van der Waals surface area contributed by atoms with Crippen LogP contribution < -0.4 is 10.5 Å². The Bertz CT molecular complexity index is 1190. The van der Waals surface area contributed by atoms with Crippen LogP contribution in [-0.2, 0) is 4.74 Å². The maximum absolute atomic E-state index is 10.0. The van der Waals surface area contributed by atoms with Crippen molar-refractivity contribution in [3.8, 4) is 17.5 Å². The summed E-state index contributed by atoms with van der Waals surface area (Å²) in [7, 11) is 1.63. The Morgan fingerprint density at radius 1 is 1.29 bits per heavy atom. The number of nitriles is 1. The van der Waals surface area contributed by atoms with Gasteiger partial charge in [0, 0.05) is 47.3 Å². The summed E-state index contributed by atoms with van der Waals surface area (Å²) >= 11 is 0. The maximum Gasteiger partial charge on any atom is 0.205 e. The van der Waals surface area contributed by atoms with Crippen LogP contribution in [0.3, 0.4) is 0 Å². The van der Waals surface area contributed by atoms with Crippen LogP contribution >= 0.6 is 0 Å². The minimum atomic E-state index is -0.399. The van der Waals surface area contributed by atoms with Crippen molar-refractivity contribution in [2.24, 2.45) is 22.6 Å². The first kappa shape index (κ1) is 24.6. The topological polar surface area (TPSA) is 98.5 Å². The fraction of sp³-hybridized carbons (Fsp3) is 0.464. The number of allylic oxidation sites excluding steroid dienone is 3. The van der Waals surface area contributed by atoms with Gasteiger partial charge in [0.15, 0.2) is 0 Å². The second-order valence-electron chi connectivity index (χ2n) is 9.86. The molecule has 5 rings (SSSR count). The molecule has 2 aromatic rings. The Kier molecular flexibility index (Phi) is 7.30. The van der Waals surface area contributed by atoms with Gasteiger partial charge in [0.25, 0.3) is 0 Å². The molecule has 2 N–H and O–H groups in total. The highest BCUT2D eigenvalue weighted by Gasteiger charge is 2.40. The van der Waals surface area contributed by atoms with E-state index in [0.29, 0.717) is 23.0 Å². The second kappa shape index (κ2) is 10.4. The quantitative estimate of drug-likeness (QED) is 0.548. The van der Waals surface area contributed by atoms with Crippen LogP contribution in [0.25, 0.3) is 5.69 Å². The number of methoxy groups -OCH3 is 1. The lowest BCUT2D eigenvalue weighted by Gasteiger charge is -2.30. The fourth-order valence-corrected chi connectivity index (χ4v) is 4.23. The summed E-state index contributed by atoms with van der Waals surface area (Å²) in [6, 6.07) is 8.34. The molecule has 0 bridgehead atoms. The molecule has 7 nitrogen and oxygen atoms in total. The number of ether oxygens (including phenoxy) is 2. The van der Waals surface area contributed by atoms with Crippen LogP contribution in [0.2, 0.25) is 0 Å². The van der Waals surface area contributed by atoms with Gasteiger partial charge in [0.2, 0.25) is 5.88 Å². The largest absolute Gasteiger partial charge is 0.496 e. The van der Waals surface area contributed by atoms with Gasteiger partial charge in [-0.15, -0.1) is 0 Å². The van der Waals surface area contributed by atoms with E-state index in [1.165, 1.54) is 12.8 Å². The van der Waals surface area contributed by atoms with Crippen LogP contribution in [-0.4, -0.2) is 28.4 Å². The number of aromatic nitrogens is 2. The van der Waals surface area contributed by atoms with Crippen molar-refractivity contribution < 1.29 is 9.47 Å². The van der Waals surface area contributed by atoms with Crippen molar-refractivity contribution in [1.29, 1.82) is 5.26 Å². The summed E-state index contributed by atoms with van der Waals surface area (Å²) in [6.07, 6.45) is 10.5. The molecule has 2 fully saturated rings. The molecule has 1 atom stereocenters. The van der Waals surface area contributed by atoms with Crippen LogP contribution in [0.15, 0.2) is 64.7 Å². The first-order chi connectivity index (χ1) is 16.8. The molecule has 0 amide bonds. The SMILES string of the molecule is CC1CC1.COc1cc(-n2ccnc2)ccc1C1C(C#N)=C(N)OC(C)=C1C(=NC(C)C)C1CC1. The predicted molar refractivity (Wildman–Crippen MR) is 137 cm³/mol. The number of nitrogens with two attached hydrogens (primary N) is 1. The minimum absolute atomic E-state index is 0.134. The van der Waals surface area contributed by atoms with Gasteiger partial charge < -0.3 is 19.8 Å². The first-order valence-electron chi connectivity index (χ1n) is 12.4. The molecule has 35 heavy (non-hydrogen) atoms. The molecule has 2 heterocycles. The zero-order valence-electron chi connectivity index (χ0n) is 21.3. The molecular weight excluding hydrogens is 438 g/mol. The van der Waals surface area contributed by atoms with E-state index in [0.717, 1.165) is 41.3 Å². The lowest BCUT2D eigenvalue weighted by molar-refractivity contribution is 0.283. The number of rotatable bonds is 6. The number of imidazole rings is 1. The van der Waals surface area contributed by atoms with Crippen molar-refractivity contribution in [2.45, 2.75) is 65.3 Å². The highest BCUT2D eigenvalue weighted by atomic mass is 16.5. The van der Waals surface area contributed by atoms with E-state index in [1.807, 2.05) is 35.9 Å². The van der Waals surface area contributed by atoms with E-state index in [1.54, 1.807) is 19.6 Å². The van der Waals surface area contributed by atoms with Crippen LogP contribution in [0, 0.1) is 23.2 Å². The highest BCUT2D eigenvalue weighted by molar-refractivity contribution is 6.06. The van der Waals surface area contributed by atoms with Crippen molar-refractivity contribution in [3.05, 3.63) is 65.3 Å². The summed E-state index contributed by atoms with van der Waals surface area (Å²) in [5.74, 6) is 2.56. The molecule has 1 aromatic heterocycles. The number of aliphatic imine (C=N–C) groups is 1. The number of nitrogens with zero attached hydrogens (tertiary/aromatic N) is 4. The Balaban J connectivity index is 0.000000656. The van der Waals surface area contributed by atoms with Gasteiger partial charge in [-0.25, -0.2) is 4.98 Å². The summed E-state index contributed by atoms with van der Waals surface area (Å²) in [5.41, 5.74) is 10.3. The molecule has 0 saturated heterocycles. The van der Waals surface area contributed by atoms with Gasteiger partial charge >= 0.3 is 0 Å². The Labute approximate surface area is 208 Å². The fourth-order valence-electron chi connectivity index (χ4n) is 4.23. The molecule has 1 aromatic carbocycles. The molecule has 0 spiro atoms. The van der Waals surface area contributed by atoms with Crippen LogP contribution in [0.4, 0.5) is 0 Å². The Morgan fingerprint density at radius 2 is 2.00 bits per heavy atom. The maximum atomic E-state index is 10.0. The van der Waals surface area contributed by atoms with Crippen molar-refractivity contribution >= 4 is 5.71 Å². The van der Waals surface area contributed by atoms with Gasteiger partial charge in [-0.1, -0.05) is 25.8 Å². The van der Waals surface area contributed by atoms with E-state index in [4.69, 9.17) is 20.2 Å². The van der Waals surface area contributed by atoms with Gasteiger partial charge in [0.1, 0.15) is 23.2 Å². The number of hydrogen-bond acceptors (Lipinski definition) is 6. The Morgan fingerprint density at radius 3 is 2.51 bits per heavy atom. The van der Waals surface area contributed by atoms with E-state index < -0.39 is 5.92 Å². The number of hydrogen-bond donors (Lipinski definition) is 1. The van der Waals surface area contributed by atoms with Crippen molar-refractivity contribution in [2.75, 3.05) is 7.11 Å². The summed E-state index contributed by atoms with van der Waals surface area (Å²) in [4.78, 5) is 9.07. The van der Waals surface area contributed by atoms with Gasteiger partial charge in [-0.2, -0.15) is 5.26 Å². The van der Waals surface area contributed by atoms with Crippen LogP contribution in [0.1, 0.15) is 64.9 Å². The predicted octanol–water partition coefficient (Wildman–Crippen LogP) is 5.64. The zero-order valence-corrected chi connectivity index (χ0v) is 21.3.